The van der Waals surface area contributed by atoms with Crippen molar-refractivity contribution < 1.29 is 32.5 Å². The Morgan fingerprint density at radius 3 is 2.71 bits per heavy atom. The highest BCUT2D eigenvalue weighted by Crippen LogP contribution is 2.59. The number of nitrogens with two attached hydrogens (primary N) is 1. The first-order valence-electron chi connectivity index (χ1n) is 6.58. The standard InChI is InChI=1S/C10H17N5O7P2/c1-7(21-6-23(16,17)22-24(18,19)20-2)3-15-5-14-8-9(11)12-4-13-10(8)15/h4-5,7H,3,6H2,1-2H3,(H,16,17)(H,18,19)(H2,11,12,13)/t7-/m1/s1. The number of phosphoric acid groups is 1. The van der Waals surface area contributed by atoms with Gasteiger partial charge >= 0.3 is 15.4 Å². The first-order valence-corrected chi connectivity index (χ1v) is 9.84. The Morgan fingerprint density at radius 1 is 1.33 bits per heavy atom. The van der Waals surface area contributed by atoms with Gasteiger partial charge in [-0.3, -0.25) is 9.09 Å². The van der Waals surface area contributed by atoms with Crippen LogP contribution in [0.4, 0.5) is 5.82 Å². The largest absolute Gasteiger partial charge is 0.479 e. The number of anilines is 1. The summed E-state index contributed by atoms with van der Waals surface area (Å²) in [7, 11) is -8.17. The molecule has 0 amide bonds. The van der Waals surface area contributed by atoms with E-state index in [4.69, 9.17) is 15.4 Å². The lowest BCUT2D eigenvalue weighted by Crippen LogP contribution is -2.17. The van der Waals surface area contributed by atoms with Gasteiger partial charge in [-0.2, -0.15) is 0 Å². The Bertz CT molecular complexity index is 812. The van der Waals surface area contributed by atoms with E-state index in [1.54, 1.807) is 11.5 Å². The maximum absolute atomic E-state index is 11.7. The average Bonchev–Trinajstić information content (AvgIpc) is 2.89. The molecule has 0 radical (unpaired) electrons. The highest BCUT2D eigenvalue weighted by molar-refractivity contribution is 7.63. The summed E-state index contributed by atoms with van der Waals surface area (Å²) < 4.78 is 37.9. The van der Waals surface area contributed by atoms with Gasteiger partial charge in [0.25, 0.3) is 0 Å². The molecule has 0 aliphatic heterocycles. The molecule has 0 fully saturated rings. The Morgan fingerprint density at radius 2 is 2.04 bits per heavy atom. The van der Waals surface area contributed by atoms with E-state index in [-0.39, 0.29) is 12.4 Å². The molecule has 134 valence electrons. The van der Waals surface area contributed by atoms with Crippen LogP contribution in [0, 0.1) is 0 Å². The summed E-state index contributed by atoms with van der Waals surface area (Å²) in [5.74, 6) is 0.235. The third-order valence-electron chi connectivity index (χ3n) is 2.87. The second-order valence-electron chi connectivity index (χ2n) is 4.80. The maximum Gasteiger partial charge on any atom is 0.479 e. The quantitative estimate of drug-likeness (QED) is 0.550. The van der Waals surface area contributed by atoms with Gasteiger partial charge in [0.1, 0.15) is 18.2 Å². The smallest absolute Gasteiger partial charge is 0.382 e. The molecule has 14 heteroatoms. The molecule has 2 unspecified atom stereocenters. The minimum Gasteiger partial charge on any atom is -0.382 e. The van der Waals surface area contributed by atoms with Crippen LogP contribution in [0.15, 0.2) is 12.7 Å². The number of ether oxygens (including phenoxy) is 1. The fourth-order valence-corrected chi connectivity index (χ4v) is 3.99. The summed E-state index contributed by atoms with van der Waals surface area (Å²) in [4.78, 5) is 30.5. The molecule has 24 heavy (non-hydrogen) atoms. The van der Waals surface area contributed by atoms with E-state index in [0.717, 1.165) is 7.11 Å². The molecule has 0 spiro atoms. The average molecular weight is 381 g/mol. The van der Waals surface area contributed by atoms with Crippen LogP contribution in [0.3, 0.4) is 0 Å². The third kappa shape index (κ3) is 4.81. The van der Waals surface area contributed by atoms with E-state index in [1.165, 1.54) is 12.7 Å². The number of hydrogen-bond acceptors (Lipinski definition) is 9. The maximum atomic E-state index is 11.7. The molecule has 0 saturated heterocycles. The summed E-state index contributed by atoms with van der Waals surface area (Å²) in [5, 5.41) is 0. The van der Waals surface area contributed by atoms with Crippen LogP contribution in [0.5, 0.6) is 0 Å². The van der Waals surface area contributed by atoms with Crippen molar-refractivity contribution >= 4 is 32.4 Å². The lowest BCUT2D eigenvalue weighted by atomic mass is 10.4. The monoisotopic (exact) mass is 381 g/mol. The van der Waals surface area contributed by atoms with Crippen LogP contribution < -0.4 is 5.73 Å². The summed E-state index contributed by atoms with van der Waals surface area (Å²) in [5.41, 5.74) is 6.60. The molecule has 0 aliphatic rings. The van der Waals surface area contributed by atoms with Crippen molar-refractivity contribution in [2.75, 3.05) is 19.2 Å². The van der Waals surface area contributed by atoms with Crippen molar-refractivity contribution in [3.63, 3.8) is 0 Å². The second-order valence-corrected chi connectivity index (χ2v) is 8.29. The van der Waals surface area contributed by atoms with Crippen LogP contribution >= 0.6 is 15.4 Å². The van der Waals surface area contributed by atoms with Crippen LogP contribution in [-0.2, 0) is 29.2 Å². The lowest BCUT2D eigenvalue weighted by Gasteiger charge is -2.18. The molecule has 0 aliphatic carbocycles. The number of hydrogen-bond donors (Lipinski definition) is 3. The summed E-state index contributed by atoms with van der Waals surface area (Å²) in [6, 6.07) is 0. The SMILES string of the molecule is COP(=O)(O)OP(=O)(O)CO[C@H](C)Cn1cnc2c(N)ncnc21. The number of rotatable bonds is 8. The van der Waals surface area contributed by atoms with Gasteiger partial charge in [-0.15, -0.1) is 0 Å². The zero-order valence-corrected chi connectivity index (χ0v) is 14.6. The predicted octanol–water partition coefficient (Wildman–Crippen LogP) is 0.720. The van der Waals surface area contributed by atoms with E-state index >= 15 is 0 Å². The second kappa shape index (κ2) is 7.24. The summed E-state index contributed by atoms with van der Waals surface area (Å²) in [6.45, 7) is 1.87. The molecular weight excluding hydrogens is 364 g/mol. The summed E-state index contributed by atoms with van der Waals surface area (Å²) in [6.07, 6.45) is 1.44. The van der Waals surface area contributed by atoms with Crippen LogP contribution in [0.2, 0.25) is 0 Å². The minimum atomic E-state index is -4.59. The zero-order valence-electron chi connectivity index (χ0n) is 12.8. The van der Waals surface area contributed by atoms with Crippen molar-refractivity contribution in [1.29, 1.82) is 0 Å². The molecule has 4 N–H and O–H groups in total. The van der Waals surface area contributed by atoms with E-state index in [0.29, 0.717) is 11.2 Å². The molecule has 2 rings (SSSR count). The van der Waals surface area contributed by atoms with Gasteiger partial charge in [0.2, 0.25) is 0 Å². The van der Waals surface area contributed by atoms with Crippen molar-refractivity contribution in [1.82, 2.24) is 19.5 Å². The molecule has 12 nitrogen and oxygen atoms in total. The van der Waals surface area contributed by atoms with Gasteiger partial charge in [0.05, 0.1) is 19.0 Å². The fourth-order valence-electron chi connectivity index (χ4n) is 1.80. The summed E-state index contributed by atoms with van der Waals surface area (Å²) >= 11 is 0. The Labute approximate surface area is 136 Å². The van der Waals surface area contributed by atoms with Crippen molar-refractivity contribution in [3.8, 4) is 0 Å². The first kappa shape index (κ1) is 18.9. The van der Waals surface area contributed by atoms with Crippen LogP contribution in [0.1, 0.15) is 6.92 Å². The fraction of sp³-hybridized carbons (Fsp3) is 0.500. The van der Waals surface area contributed by atoms with Crippen LogP contribution in [-0.4, -0.2) is 48.9 Å². The van der Waals surface area contributed by atoms with Gasteiger partial charge in [-0.1, -0.05) is 0 Å². The number of imidazole rings is 1. The molecule has 0 saturated carbocycles. The van der Waals surface area contributed by atoms with Crippen LogP contribution in [0.25, 0.3) is 11.2 Å². The van der Waals surface area contributed by atoms with E-state index in [9.17, 15) is 14.0 Å². The molecular formula is C10H17N5O7P2. The van der Waals surface area contributed by atoms with E-state index in [1.807, 2.05) is 0 Å². The number of phosphoric ester groups is 1. The Kier molecular flexibility index (Phi) is 5.71. The molecule has 3 atom stereocenters. The lowest BCUT2D eigenvalue weighted by molar-refractivity contribution is 0.0754. The molecule has 2 aromatic rings. The van der Waals surface area contributed by atoms with Crippen molar-refractivity contribution in [2.45, 2.75) is 19.6 Å². The predicted molar refractivity (Wildman–Crippen MR) is 82.9 cm³/mol. The third-order valence-corrected chi connectivity index (χ3v) is 5.65. The minimum absolute atomic E-state index is 0.235. The van der Waals surface area contributed by atoms with Gasteiger partial charge in [-0.05, 0) is 6.92 Å². The zero-order chi connectivity index (χ0) is 18.0. The van der Waals surface area contributed by atoms with Crippen molar-refractivity contribution in [3.05, 3.63) is 12.7 Å². The van der Waals surface area contributed by atoms with E-state index < -0.39 is 27.9 Å². The topological polar surface area (TPSA) is 172 Å². The van der Waals surface area contributed by atoms with Gasteiger partial charge in [-0.25, -0.2) is 23.8 Å². The first-order chi connectivity index (χ1) is 11.1. The highest BCUT2D eigenvalue weighted by atomic mass is 31.3. The molecule has 2 heterocycles. The highest BCUT2D eigenvalue weighted by Gasteiger charge is 2.33. The van der Waals surface area contributed by atoms with Crippen molar-refractivity contribution in [2.24, 2.45) is 0 Å². The van der Waals surface area contributed by atoms with E-state index in [2.05, 4.69) is 23.8 Å². The number of aromatic nitrogens is 4. The molecule has 0 bridgehead atoms. The van der Waals surface area contributed by atoms with Gasteiger partial charge in [0, 0.05) is 7.11 Å². The molecule has 2 aromatic heterocycles. The Balaban J connectivity index is 1.98. The van der Waals surface area contributed by atoms with Gasteiger partial charge < -0.3 is 24.8 Å². The number of nitrogens with zero attached hydrogens (tertiary/aromatic N) is 4. The molecule has 0 aromatic carbocycles. The Hall–Kier alpha value is -1.39. The normalized spacial score (nSPS) is 18.2. The van der Waals surface area contributed by atoms with Gasteiger partial charge in [0.15, 0.2) is 11.5 Å². The number of nitrogen functional groups attached to an aromatic ring is 1. The number of fused-ring (bicyclic) bond motifs is 1.